The number of rotatable bonds is 7. The average Bonchev–Trinajstić information content (AvgIpc) is 3.39. The molecule has 32 heavy (non-hydrogen) atoms. The molecule has 0 unspecified atom stereocenters. The lowest BCUT2D eigenvalue weighted by Crippen LogP contribution is -2.13. The van der Waals surface area contributed by atoms with E-state index in [1.165, 1.54) is 35.2 Å². The number of aryl methyl sites for hydroxylation is 2. The molecule has 3 aromatic heterocycles. The van der Waals surface area contributed by atoms with Crippen LogP contribution in [-0.2, 0) is 5.75 Å². The van der Waals surface area contributed by atoms with Gasteiger partial charge < -0.3 is 4.52 Å². The van der Waals surface area contributed by atoms with E-state index in [4.69, 9.17) is 4.52 Å². The van der Waals surface area contributed by atoms with Gasteiger partial charge in [0.05, 0.1) is 21.9 Å². The number of nitrogens with zero attached hydrogens (tertiary/aromatic N) is 4. The van der Waals surface area contributed by atoms with Crippen molar-refractivity contribution in [2.24, 2.45) is 0 Å². The number of aromatic nitrogens is 3. The predicted octanol–water partition coefficient (Wildman–Crippen LogP) is 5.26. The maximum absolute atomic E-state index is 12.9. The Morgan fingerprint density at radius 3 is 2.88 bits per heavy atom. The van der Waals surface area contributed by atoms with Crippen LogP contribution in [0.2, 0.25) is 0 Å². The first-order valence-electron chi connectivity index (χ1n) is 9.43. The van der Waals surface area contributed by atoms with Crippen LogP contribution < -0.4 is 5.32 Å². The van der Waals surface area contributed by atoms with Gasteiger partial charge >= 0.3 is 0 Å². The van der Waals surface area contributed by atoms with Crippen LogP contribution in [0.15, 0.2) is 57.5 Å². The molecule has 9 nitrogen and oxygen atoms in total. The first-order chi connectivity index (χ1) is 15.4. The topological polar surface area (TPSA) is 124 Å². The molecule has 1 N–H and O–H groups in total. The summed E-state index contributed by atoms with van der Waals surface area (Å²) in [7, 11) is 0. The number of carbonyl (C=O) groups is 1. The molecular formula is C21H17N5O4S2. The van der Waals surface area contributed by atoms with Crippen molar-refractivity contribution < 1.29 is 14.2 Å². The minimum Gasteiger partial charge on any atom is -0.361 e. The van der Waals surface area contributed by atoms with Crippen molar-refractivity contribution >= 4 is 39.8 Å². The van der Waals surface area contributed by atoms with Gasteiger partial charge in [0, 0.05) is 40.6 Å². The molecule has 0 saturated heterocycles. The Hall–Kier alpha value is -3.57. The highest BCUT2D eigenvalue weighted by molar-refractivity contribution is 7.98. The molecule has 0 radical (unpaired) electrons. The third-order valence-electron chi connectivity index (χ3n) is 4.63. The molecule has 4 aromatic rings. The number of pyridine rings is 1. The van der Waals surface area contributed by atoms with Crippen LogP contribution in [0.4, 0.5) is 10.8 Å². The third kappa shape index (κ3) is 4.68. The lowest BCUT2D eigenvalue weighted by atomic mass is 10.1. The Morgan fingerprint density at radius 2 is 2.12 bits per heavy atom. The lowest BCUT2D eigenvalue weighted by molar-refractivity contribution is -0.384. The number of non-ortho nitro benzene ring substituents is 1. The van der Waals surface area contributed by atoms with E-state index in [2.05, 4.69) is 20.4 Å². The standard InChI is InChI=1S/C21H17N5O4S2/c1-12-17(13(2)30-25-12)10-31-20-16(7-4-8-22-20)19(27)24-21-23-18(11-32-21)14-5-3-6-15(9-14)26(28)29/h3-9,11H,10H2,1-2H3,(H,23,24,27). The molecule has 0 aliphatic rings. The summed E-state index contributed by atoms with van der Waals surface area (Å²) in [5, 5.41) is 20.5. The van der Waals surface area contributed by atoms with Crippen LogP contribution in [0.3, 0.4) is 0 Å². The number of nitro groups is 1. The molecule has 1 amide bonds. The highest BCUT2D eigenvalue weighted by atomic mass is 32.2. The smallest absolute Gasteiger partial charge is 0.270 e. The molecule has 4 rings (SSSR count). The fourth-order valence-corrected chi connectivity index (χ4v) is 4.79. The van der Waals surface area contributed by atoms with Crippen LogP contribution >= 0.6 is 23.1 Å². The zero-order valence-corrected chi connectivity index (χ0v) is 18.7. The number of amides is 1. The Balaban J connectivity index is 1.49. The zero-order valence-electron chi connectivity index (χ0n) is 17.1. The molecule has 0 fully saturated rings. The summed E-state index contributed by atoms with van der Waals surface area (Å²) in [5.41, 5.74) is 3.36. The van der Waals surface area contributed by atoms with Gasteiger partial charge in [0.25, 0.3) is 11.6 Å². The average molecular weight is 468 g/mol. The van der Waals surface area contributed by atoms with E-state index in [1.807, 2.05) is 13.8 Å². The summed E-state index contributed by atoms with van der Waals surface area (Å²) >= 11 is 2.67. The van der Waals surface area contributed by atoms with Crippen molar-refractivity contribution in [3.05, 3.63) is 80.7 Å². The SMILES string of the molecule is Cc1noc(C)c1CSc1ncccc1C(=O)Nc1nc(-c2cccc([N+](=O)[O-])c2)cs1. The van der Waals surface area contributed by atoms with Crippen LogP contribution in [0, 0.1) is 24.0 Å². The van der Waals surface area contributed by atoms with E-state index in [9.17, 15) is 14.9 Å². The highest BCUT2D eigenvalue weighted by Crippen LogP contribution is 2.30. The highest BCUT2D eigenvalue weighted by Gasteiger charge is 2.17. The number of anilines is 1. The van der Waals surface area contributed by atoms with Gasteiger partial charge in [0.1, 0.15) is 10.8 Å². The molecule has 0 saturated carbocycles. The van der Waals surface area contributed by atoms with E-state index >= 15 is 0 Å². The maximum atomic E-state index is 12.9. The van der Waals surface area contributed by atoms with Crippen molar-refractivity contribution in [1.82, 2.24) is 15.1 Å². The fourth-order valence-electron chi connectivity index (χ4n) is 2.93. The zero-order chi connectivity index (χ0) is 22.7. The van der Waals surface area contributed by atoms with Crippen LogP contribution in [0.25, 0.3) is 11.3 Å². The number of benzene rings is 1. The molecule has 162 valence electrons. The normalized spacial score (nSPS) is 10.8. The number of hydrogen-bond acceptors (Lipinski definition) is 9. The summed E-state index contributed by atoms with van der Waals surface area (Å²) in [5.74, 6) is 0.986. The van der Waals surface area contributed by atoms with Gasteiger partial charge in [0.15, 0.2) is 5.13 Å². The van der Waals surface area contributed by atoms with Gasteiger partial charge in [-0.1, -0.05) is 17.3 Å². The molecule has 0 aliphatic carbocycles. The largest absolute Gasteiger partial charge is 0.361 e. The van der Waals surface area contributed by atoms with Crippen LogP contribution in [-0.4, -0.2) is 26.0 Å². The van der Waals surface area contributed by atoms with Crippen molar-refractivity contribution in [3.63, 3.8) is 0 Å². The number of nitrogens with one attached hydrogen (secondary N) is 1. The summed E-state index contributed by atoms with van der Waals surface area (Å²) in [6, 6.07) is 9.60. The van der Waals surface area contributed by atoms with Crippen molar-refractivity contribution in [3.8, 4) is 11.3 Å². The van der Waals surface area contributed by atoms with Gasteiger partial charge in [-0.2, -0.15) is 0 Å². The van der Waals surface area contributed by atoms with Crippen molar-refractivity contribution in [2.45, 2.75) is 24.6 Å². The molecule has 0 spiro atoms. The summed E-state index contributed by atoms with van der Waals surface area (Å²) in [6.45, 7) is 3.73. The number of thioether (sulfide) groups is 1. The van der Waals surface area contributed by atoms with Gasteiger partial charge in [0.2, 0.25) is 0 Å². The van der Waals surface area contributed by atoms with E-state index in [0.29, 0.717) is 32.7 Å². The van der Waals surface area contributed by atoms with Gasteiger partial charge in [-0.05, 0) is 26.0 Å². The Kier molecular flexibility index (Phi) is 6.28. The Bertz CT molecular complexity index is 1280. The molecule has 11 heteroatoms. The predicted molar refractivity (Wildman–Crippen MR) is 122 cm³/mol. The van der Waals surface area contributed by atoms with Gasteiger partial charge in [-0.25, -0.2) is 9.97 Å². The lowest BCUT2D eigenvalue weighted by Gasteiger charge is -2.07. The third-order valence-corrected chi connectivity index (χ3v) is 6.42. The second-order valence-electron chi connectivity index (χ2n) is 6.75. The number of nitro benzene ring substituents is 1. The molecule has 0 aliphatic heterocycles. The molecule has 1 aromatic carbocycles. The number of thiazole rings is 1. The number of hydrogen-bond donors (Lipinski definition) is 1. The van der Waals surface area contributed by atoms with Crippen LogP contribution in [0.5, 0.6) is 0 Å². The first kappa shape index (κ1) is 21.7. The molecule has 0 bridgehead atoms. The van der Waals surface area contributed by atoms with E-state index in [-0.39, 0.29) is 11.6 Å². The molecule has 3 heterocycles. The Morgan fingerprint density at radius 1 is 1.28 bits per heavy atom. The molecular weight excluding hydrogens is 450 g/mol. The second kappa shape index (κ2) is 9.28. The summed E-state index contributed by atoms with van der Waals surface area (Å²) < 4.78 is 5.19. The van der Waals surface area contributed by atoms with E-state index < -0.39 is 4.92 Å². The maximum Gasteiger partial charge on any atom is 0.270 e. The van der Waals surface area contributed by atoms with E-state index in [0.717, 1.165) is 17.0 Å². The fraction of sp³-hybridized carbons (Fsp3) is 0.143. The molecule has 0 atom stereocenters. The Labute approximate surface area is 191 Å². The monoisotopic (exact) mass is 467 g/mol. The van der Waals surface area contributed by atoms with Crippen LogP contribution in [0.1, 0.15) is 27.4 Å². The minimum absolute atomic E-state index is 0.0172. The second-order valence-corrected chi connectivity index (χ2v) is 8.57. The van der Waals surface area contributed by atoms with Gasteiger partial charge in [-0.3, -0.25) is 20.2 Å². The van der Waals surface area contributed by atoms with Gasteiger partial charge in [-0.15, -0.1) is 23.1 Å². The van der Waals surface area contributed by atoms with E-state index in [1.54, 1.807) is 35.8 Å². The first-order valence-corrected chi connectivity index (χ1v) is 11.3. The summed E-state index contributed by atoms with van der Waals surface area (Å²) in [4.78, 5) is 32.2. The number of carbonyl (C=O) groups excluding carboxylic acids is 1. The van der Waals surface area contributed by atoms with Crippen molar-refractivity contribution in [1.29, 1.82) is 0 Å². The summed E-state index contributed by atoms with van der Waals surface area (Å²) in [6.07, 6.45) is 1.64. The minimum atomic E-state index is -0.456. The van der Waals surface area contributed by atoms with Crippen molar-refractivity contribution in [2.75, 3.05) is 5.32 Å². The quantitative estimate of drug-likeness (QED) is 0.222.